The fourth-order valence-corrected chi connectivity index (χ4v) is 3.62. The highest BCUT2D eigenvalue weighted by atomic mass is 16.5. The van der Waals surface area contributed by atoms with Crippen molar-refractivity contribution in [2.45, 2.75) is 26.7 Å². The standard InChI is InChI=1S/C22H27N3O2/c1-3-27-20-8-5-18(6-9-20)15-22(26)25-12-10-24(11-13-25)21-14-17(2)4-7-19(21)16-23/h4-9,17H,3,10-15H2,1-2H3. The molecule has 1 aromatic rings. The van der Waals surface area contributed by atoms with E-state index in [1.165, 1.54) is 0 Å². The van der Waals surface area contributed by atoms with Gasteiger partial charge in [-0.1, -0.05) is 25.1 Å². The van der Waals surface area contributed by atoms with Crippen LogP contribution in [-0.2, 0) is 11.2 Å². The molecule has 1 atom stereocenters. The van der Waals surface area contributed by atoms with Crippen LogP contribution in [0.3, 0.4) is 0 Å². The Morgan fingerprint density at radius 3 is 2.56 bits per heavy atom. The van der Waals surface area contributed by atoms with Crippen molar-refractivity contribution in [2.24, 2.45) is 5.92 Å². The molecule has 1 amide bonds. The first kappa shape index (κ1) is 19.0. The van der Waals surface area contributed by atoms with E-state index in [2.05, 4.69) is 24.0 Å². The summed E-state index contributed by atoms with van der Waals surface area (Å²) in [5.74, 6) is 1.45. The first-order valence-electron chi connectivity index (χ1n) is 9.66. The van der Waals surface area contributed by atoms with Crippen LogP contribution in [0, 0.1) is 17.2 Å². The molecule has 0 aromatic heterocycles. The quantitative estimate of drug-likeness (QED) is 0.804. The molecule has 1 fully saturated rings. The molecule has 5 heteroatoms. The zero-order valence-electron chi connectivity index (χ0n) is 16.1. The van der Waals surface area contributed by atoms with Gasteiger partial charge in [0.1, 0.15) is 11.8 Å². The molecule has 1 aromatic carbocycles. The van der Waals surface area contributed by atoms with Crippen LogP contribution in [0.5, 0.6) is 5.75 Å². The van der Waals surface area contributed by atoms with Gasteiger partial charge in [-0.3, -0.25) is 4.79 Å². The van der Waals surface area contributed by atoms with E-state index in [9.17, 15) is 10.1 Å². The maximum atomic E-state index is 12.6. The number of benzene rings is 1. The van der Waals surface area contributed by atoms with Crippen LogP contribution in [0.15, 0.2) is 47.7 Å². The number of nitriles is 1. The summed E-state index contributed by atoms with van der Waals surface area (Å²) < 4.78 is 5.44. The lowest BCUT2D eigenvalue weighted by molar-refractivity contribution is -0.132. The smallest absolute Gasteiger partial charge is 0.227 e. The summed E-state index contributed by atoms with van der Waals surface area (Å²) >= 11 is 0. The van der Waals surface area contributed by atoms with Crippen LogP contribution in [0.4, 0.5) is 0 Å². The molecule has 1 saturated heterocycles. The van der Waals surface area contributed by atoms with Crippen LogP contribution in [-0.4, -0.2) is 48.5 Å². The zero-order valence-corrected chi connectivity index (χ0v) is 16.1. The van der Waals surface area contributed by atoms with Crippen molar-refractivity contribution < 1.29 is 9.53 Å². The fraction of sp³-hybridized carbons (Fsp3) is 0.455. The Balaban J connectivity index is 1.55. The number of piperazine rings is 1. The van der Waals surface area contributed by atoms with E-state index < -0.39 is 0 Å². The highest BCUT2D eigenvalue weighted by Crippen LogP contribution is 2.27. The lowest BCUT2D eigenvalue weighted by Gasteiger charge is -2.39. The van der Waals surface area contributed by atoms with Crippen LogP contribution >= 0.6 is 0 Å². The molecule has 0 radical (unpaired) electrons. The third-order valence-corrected chi connectivity index (χ3v) is 5.14. The molecule has 27 heavy (non-hydrogen) atoms. The number of carbonyl (C=O) groups excluding carboxylic acids is 1. The summed E-state index contributed by atoms with van der Waals surface area (Å²) in [7, 11) is 0. The van der Waals surface area contributed by atoms with Gasteiger partial charge in [-0.2, -0.15) is 5.26 Å². The van der Waals surface area contributed by atoms with Crippen LogP contribution in [0.25, 0.3) is 0 Å². The largest absolute Gasteiger partial charge is 0.494 e. The summed E-state index contributed by atoms with van der Waals surface area (Å²) in [5.41, 5.74) is 2.90. The number of nitrogens with zero attached hydrogens (tertiary/aromatic N) is 3. The number of amides is 1. The Morgan fingerprint density at radius 1 is 1.22 bits per heavy atom. The van der Waals surface area contributed by atoms with Crippen molar-refractivity contribution in [1.29, 1.82) is 5.26 Å². The van der Waals surface area contributed by atoms with Gasteiger partial charge in [0.2, 0.25) is 5.91 Å². The van der Waals surface area contributed by atoms with Crippen molar-refractivity contribution >= 4 is 5.91 Å². The van der Waals surface area contributed by atoms with Crippen molar-refractivity contribution in [3.8, 4) is 11.8 Å². The second-order valence-electron chi connectivity index (χ2n) is 7.13. The SMILES string of the molecule is CCOc1ccc(CC(=O)N2CCN(C3=C(C#N)C=CC(C)C3)CC2)cc1. The van der Waals surface area contributed by atoms with E-state index in [-0.39, 0.29) is 5.91 Å². The predicted octanol–water partition coefficient (Wildman–Crippen LogP) is 3.15. The average molecular weight is 365 g/mol. The second kappa shape index (κ2) is 8.77. The minimum Gasteiger partial charge on any atom is -0.494 e. The fourth-order valence-electron chi connectivity index (χ4n) is 3.62. The Bertz CT molecular complexity index is 766. The molecule has 1 aliphatic heterocycles. The Morgan fingerprint density at radius 2 is 1.93 bits per heavy atom. The van der Waals surface area contributed by atoms with Gasteiger partial charge in [0.05, 0.1) is 18.6 Å². The van der Waals surface area contributed by atoms with Gasteiger partial charge in [0, 0.05) is 31.9 Å². The number of hydrogen-bond acceptors (Lipinski definition) is 4. The molecular weight excluding hydrogens is 338 g/mol. The van der Waals surface area contributed by atoms with Crippen LogP contribution < -0.4 is 4.74 Å². The van der Waals surface area contributed by atoms with Gasteiger partial charge >= 0.3 is 0 Å². The van der Waals surface area contributed by atoms with E-state index in [1.54, 1.807) is 0 Å². The van der Waals surface area contributed by atoms with E-state index in [1.807, 2.05) is 42.2 Å². The highest BCUT2D eigenvalue weighted by Gasteiger charge is 2.25. The van der Waals surface area contributed by atoms with E-state index in [4.69, 9.17) is 4.74 Å². The van der Waals surface area contributed by atoms with Crippen molar-refractivity contribution in [1.82, 2.24) is 9.80 Å². The summed E-state index contributed by atoms with van der Waals surface area (Å²) in [6.45, 7) is 7.75. The first-order valence-corrected chi connectivity index (χ1v) is 9.66. The van der Waals surface area contributed by atoms with Crippen LogP contribution in [0.2, 0.25) is 0 Å². The molecule has 0 saturated carbocycles. The number of allylic oxidation sites excluding steroid dienone is 4. The van der Waals surface area contributed by atoms with Crippen molar-refractivity contribution in [3.05, 3.63) is 53.3 Å². The van der Waals surface area contributed by atoms with Crippen LogP contribution in [0.1, 0.15) is 25.8 Å². The maximum absolute atomic E-state index is 12.6. The van der Waals surface area contributed by atoms with Gasteiger partial charge in [-0.15, -0.1) is 0 Å². The molecule has 1 unspecified atom stereocenters. The normalized spacial score (nSPS) is 19.8. The van der Waals surface area contributed by atoms with Crippen molar-refractivity contribution in [2.75, 3.05) is 32.8 Å². The number of carbonyl (C=O) groups is 1. The third-order valence-electron chi connectivity index (χ3n) is 5.14. The Hall–Kier alpha value is -2.74. The number of hydrogen-bond donors (Lipinski definition) is 0. The van der Waals surface area contributed by atoms with Crippen molar-refractivity contribution in [3.63, 3.8) is 0 Å². The lowest BCUT2D eigenvalue weighted by atomic mass is 9.94. The molecular formula is C22H27N3O2. The topological polar surface area (TPSA) is 56.6 Å². The molecule has 142 valence electrons. The second-order valence-corrected chi connectivity index (χ2v) is 7.13. The molecule has 0 spiro atoms. The lowest BCUT2D eigenvalue weighted by Crippen LogP contribution is -2.49. The Labute approximate surface area is 161 Å². The summed E-state index contributed by atoms with van der Waals surface area (Å²) in [6, 6.07) is 10.1. The van der Waals surface area contributed by atoms with E-state index >= 15 is 0 Å². The molecule has 0 bridgehead atoms. The predicted molar refractivity (Wildman–Crippen MR) is 105 cm³/mol. The monoisotopic (exact) mass is 365 g/mol. The van der Waals surface area contributed by atoms with Gasteiger partial charge in [0.15, 0.2) is 0 Å². The van der Waals surface area contributed by atoms with Gasteiger partial charge in [-0.05, 0) is 43.0 Å². The minimum absolute atomic E-state index is 0.158. The first-order chi connectivity index (χ1) is 13.1. The molecule has 2 aliphatic rings. The molecule has 3 rings (SSSR count). The molecule has 1 aliphatic carbocycles. The summed E-state index contributed by atoms with van der Waals surface area (Å²) in [5, 5.41) is 9.38. The highest BCUT2D eigenvalue weighted by molar-refractivity contribution is 5.79. The number of ether oxygens (including phenoxy) is 1. The molecule has 5 nitrogen and oxygen atoms in total. The average Bonchev–Trinajstić information content (AvgIpc) is 2.70. The summed E-state index contributed by atoms with van der Waals surface area (Å²) in [4.78, 5) is 16.8. The van der Waals surface area contributed by atoms with E-state index in [0.717, 1.165) is 42.1 Å². The maximum Gasteiger partial charge on any atom is 0.227 e. The van der Waals surface area contributed by atoms with Gasteiger partial charge in [-0.25, -0.2) is 0 Å². The van der Waals surface area contributed by atoms with E-state index in [0.29, 0.717) is 32.0 Å². The molecule has 1 heterocycles. The van der Waals surface area contributed by atoms with Gasteiger partial charge < -0.3 is 14.5 Å². The third kappa shape index (κ3) is 4.71. The Kier molecular flexibility index (Phi) is 6.18. The van der Waals surface area contributed by atoms with Gasteiger partial charge in [0.25, 0.3) is 0 Å². The number of rotatable bonds is 5. The molecule has 0 N–H and O–H groups in total. The zero-order chi connectivity index (χ0) is 19.2. The minimum atomic E-state index is 0.158. The summed E-state index contributed by atoms with van der Waals surface area (Å²) in [6.07, 6.45) is 5.35.